The highest BCUT2D eigenvalue weighted by Crippen LogP contribution is 2.31. The van der Waals surface area contributed by atoms with E-state index in [4.69, 9.17) is 4.74 Å². The van der Waals surface area contributed by atoms with Crippen molar-refractivity contribution in [2.24, 2.45) is 5.92 Å². The standard InChI is InChI=1S/C23H31NO2/c1-23(2,3)24-21-14-17(15-22(21)25)13-16-5-7-18(8-6-16)19-9-11-20(26-4)12-10-19/h5-12,17,21-22,24-25H,13-15H2,1-4H3/t17-,21-,22-/m1/s1. The van der Waals surface area contributed by atoms with Gasteiger partial charge in [-0.15, -0.1) is 0 Å². The minimum absolute atomic E-state index is 0.0422. The van der Waals surface area contributed by atoms with E-state index in [1.54, 1.807) is 7.11 Å². The third kappa shape index (κ3) is 4.87. The second-order valence-electron chi connectivity index (χ2n) is 8.54. The summed E-state index contributed by atoms with van der Waals surface area (Å²) in [7, 11) is 1.69. The summed E-state index contributed by atoms with van der Waals surface area (Å²) >= 11 is 0. The Labute approximate surface area is 157 Å². The maximum atomic E-state index is 10.4. The Hall–Kier alpha value is -1.84. The molecule has 2 aromatic carbocycles. The van der Waals surface area contributed by atoms with Crippen LogP contribution in [-0.2, 0) is 6.42 Å². The normalized spacial score (nSPS) is 23.2. The van der Waals surface area contributed by atoms with Gasteiger partial charge in [-0.1, -0.05) is 36.4 Å². The van der Waals surface area contributed by atoms with Crippen LogP contribution in [0.4, 0.5) is 0 Å². The first kappa shape index (κ1) is 18.9. The first-order valence-electron chi connectivity index (χ1n) is 9.53. The summed E-state index contributed by atoms with van der Waals surface area (Å²) in [5.41, 5.74) is 3.80. The highest BCUT2D eigenvalue weighted by molar-refractivity contribution is 5.64. The molecule has 2 N–H and O–H groups in total. The van der Waals surface area contributed by atoms with E-state index < -0.39 is 0 Å². The average molecular weight is 354 g/mol. The molecule has 1 fully saturated rings. The molecule has 0 radical (unpaired) electrons. The van der Waals surface area contributed by atoms with Crippen molar-refractivity contribution in [1.29, 1.82) is 0 Å². The molecule has 1 saturated carbocycles. The molecule has 2 aromatic rings. The van der Waals surface area contributed by atoms with E-state index in [-0.39, 0.29) is 17.7 Å². The smallest absolute Gasteiger partial charge is 0.118 e. The minimum atomic E-state index is -0.238. The zero-order valence-corrected chi connectivity index (χ0v) is 16.3. The van der Waals surface area contributed by atoms with E-state index in [1.165, 1.54) is 16.7 Å². The maximum Gasteiger partial charge on any atom is 0.118 e. The van der Waals surface area contributed by atoms with Crippen molar-refractivity contribution >= 4 is 0 Å². The monoisotopic (exact) mass is 353 g/mol. The van der Waals surface area contributed by atoms with Gasteiger partial charge in [-0.25, -0.2) is 0 Å². The van der Waals surface area contributed by atoms with Gasteiger partial charge in [0.2, 0.25) is 0 Å². The fraction of sp³-hybridized carbons (Fsp3) is 0.478. The summed E-state index contributed by atoms with van der Waals surface area (Å²) in [6, 6.07) is 17.2. The van der Waals surface area contributed by atoms with Crippen molar-refractivity contribution in [2.45, 2.75) is 57.7 Å². The van der Waals surface area contributed by atoms with E-state index in [0.717, 1.165) is 25.0 Å². The average Bonchev–Trinajstić information content (AvgIpc) is 2.93. The molecule has 0 aliphatic heterocycles. The molecule has 140 valence electrons. The second-order valence-corrected chi connectivity index (χ2v) is 8.54. The number of aliphatic hydroxyl groups excluding tert-OH is 1. The van der Waals surface area contributed by atoms with Crippen LogP contribution in [0, 0.1) is 5.92 Å². The Morgan fingerprint density at radius 3 is 2.08 bits per heavy atom. The van der Waals surface area contributed by atoms with Gasteiger partial charge in [0.05, 0.1) is 13.2 Å². The van der Waals surface area contributed by atoms with Gasteiger partial charge in [-0.2, -0.15) is 0 Å². The summed E-state index contributed by atoms with van der Waals surface area (Å²) in [4.78, 5) is 0. The maximum absolute atomic E-state index is 10.4. The van der Waals surface area contributed by atoms with E-state index in [0.29, 0.717) is 5.92 Å². The van der Waals surface area contributed by atoms with Crippen LogP contribution in [0.3, 0.4) is 0 Å². The zero-order chi connectivity index (χ0) is 18.7. The molecule has 3 nitrogen and oxygen atoms in total. The highest BCUT2D eigenvalue weighted by atomic mass is 16.5. The van der Waals surface area contributed by atoms with Gasteiger partial charge in [0.15, 0.2) is 0 Å². The topological polar surface area (TPSA) is 41.5 Å². The Balaban J connectivity index is 1.61. The lowest BCUT2D eigenvalue weighted by Gasteiger charge is -2.27. The van der Waals surface area contributed by atoms with Crippen molar-refractivity contribution in [1.82, 2.24) is 5.32 Å². The molecule has 0 spiro atoms. The Morgan fingerprint density at radius 1 is 0.962 bits per heavy atom. The third-order valence-corrected chi connectivity index (χ3v) is 5.15. The summed E-state index contributed by atoms with van der Waals surface area (Å²) < 4.78 is 5.22. The van der Waals surface area contributed by atoms with Crippen molar-refractivity contribution in [3.05, 3.63) is 54.1 Å². The zero-order valence-electron chi connectivity index (χ0n) is 16.3. The van der Waals surface area contributed by atoms with Gasteiger partial charge in [0.1, 0.15) is 5.75 Å². The van der Waals surface area contributed by atoms with Crippen LogP contribution in [-0.4, -0.2) is 29.9 Å². The van der Waals surface area contributed by atoms with Crippen molar-refractivity contribution in [2.75, 3.05) is 7.11 Å². The van der Waals surface area contributed by atoms with E-state index in [9.17, 15) is 5.11 Å². The van der Waals surface area contributed by atoms with Gasteiger partial charge >= 0.3 is 0 Å². The Kier molecular flexibility index (Phi) is 5.69. The second kappa shape index (κ2) is 7.81. The van der Waals surface area contributed by atoms with Crippen LogP contribution in [0.15, 0.2) is 48.5 Å². The van der Waals surface area contributed by atoms with Gasteiger partial charge in [0, 0.05) is 11.6 Å². The van der Waals surface area contributed by atoms with Crippen LogP contribution in [0.5, 0.6) is 5.75 Å². The highest BCUT2D eigenvalue weighted by Gasteiger charge is 2.34. The molecule has 0 bridgehead atoms. The number of hydrogen-bond donors (Lipinski definition) is 2. The van der Waals surface area contributed by atoms with Gasteiger partial charge in [0.25, 0.3) is 0 Å². The Bertz CT molecular complexity index is 700. The SMILES string of the molecule is COc1ccc(-c2ccc(C[C@H]3C[C@@H](O)[C@H](NC(C)(C)C)C3)cc2)cc1. The molecule has 1 aliphatic carbocycles. The summed E-state index contributed by atoms with van der Waals surface area (Å²) in [6.07, 6.45) is 2.72. The van der Waals surface area contributed by atoms with Crippen molar-refractivity contribution in [3.63, 3.8) is 0 Å². The molecular weight excluding hydrogens is 322 g/mol. The lowest BCUT2D eigenvalue weighted by molar-refractivity contribution is 0.133. The minimum Gasteiger partial charge on any atom is -0.497 e. The first-order chi connectivity index (χ1) is 12.3. The molecule has 0 amide bonds. The lowest BCUT2D eigenvalue weighted by Crippen LogP contribution is -2.47. The molecule has 0 heterocycles. The number of aliphatic hydroxyl groups is 1. The summed E-state index contributed by atoms with van der Waals surface area (Å²) in [6.45, 7) is 6.47. The summed E-state index contributed by atoms with van der Waals surface area (Å²) in [5, 5.41) is 13.9. The number of hydrogen-bond acceptors (Lipinski definition) is 3. The third-order valence-electron chi connectivity index (χ3n) is 5.15. The number of benzene rings is 2. The molecule has 26 heavy (non-hydrogen) atoms. The largest absolute Gasteiger partial charge is 0.497 e. The Morgan fingerprint density at radius 2 is 1.54 bits per heavy atom. The molecule has 3 rings (SSSR count). The number of nitrogens with one attached hydrogen (secondary N) is 1. The number of rotatable bonds is 5. The van der Waals surface area contributed by atoms with Crippen molar-refractivity contribution < 1.29 is 9.84 Å². The fourth-order valence-electron chi connectivity index (χ4n) is 3.95. The molecular formula is C23H31NO2. The summed E-state index contributed by atoms with van der Waals surface area (Å²) in [5.74, 6) is 1.42. The molecule has 0 saturated heterocycles. The van der Waals surface area contributed by atoms with Crippen LogP contribution in [0.2, 0.25) is 0 Å². The predicted octanol–water partition coefficient (Wildman–Crippen LogP) is 4.43. The number of methoxy groups -OCH3 is 1. The van der Waals surface area contributed by atoms with Crippen LogP contribution in [0.1, 0.15) is 39.2 Å². The molecule has 3 heteroatoms. The molecule has 3 atom stereocenters. The molecule has 0 unspecified atom stereocenters. The van der Waals surface area contributed by atoms with Gasteiger partial charge in [-0.3, -0.25) is 0 Å². The van der Waals surface area contributed by atoms with Gasteiger partial charge < -0.3 is 15.2 Å². The quantitative estimate of drug-likeness (QED) is 0.835. The van der Waals surface area contributed by atoms with Crippen molar-refractivity contribution in [3.8, 4) is 16.9 Å². The van der Waals surface area contributed by atoms with Crippen LogP contribution < -0.4 is 10.1 Å². The predicted molar refractivity (Wildman–Crippen MR) is 108 cm³/mol. The first-order valence-corrected chi connectivity index (χ1v) is 9.53. The van der Waals surface area contributed by atoms with E-state index in [2.05, 4.69) is 62.5 Å². The van der Waals surface area contributed by atoms with Gasteiger partial charge in [-0.05, 0) is 74.8 Å². The molecule has 1 aliphatic rings. The van der Waals surface area contributed by atoms with Crippen LogP contribution in [0.25, 0.3) is 11.1 Å². The van der Waals surface area contributed by atoms with E-state index in [1.807, 2.05) is 12.1 Å². The fourth-order valence-corrected chi connectivity index (χ4v) is 3.95. The molecule has 0 aromatic heterocycles. The lowest BCUT2D eigenvalue weighted by atomic mass is 9.95. The van der Waals surface area contributed by atoms with Crippen LogP contribution >= 0.6 is 0 Å². The number of ether oxygens (including phenoxy) is 1. The van der Waals surface area contributed by atoms with E-state index >= 15 is 0 Å².